The molecular weight excluding hydrogens is 353 g/mol. The van der Waals surface area contributed by atoms with E-state index in [2.05, 4.69) is 21.4 Å². The first-order valence-corrected chi connectivity index (χ1v) is 8.81. The maximum Gasteiger partial charge on any atom is 0.505 e. The Labute approximate surface area is 157 Å². The largest absolute Gasteiger partial charge is 0.505 e. The number of methoxy groups -OCH3 is 1. The van der Waals surface area contributed by atoms with Gasteiger partial charge in [0.05, 0.1) is 7.11 Å². The number of ether oxygens (including phenoxy) is 3. The zero-order valence-corrected chi connectivity index (χ0v) is 15.4. The second-order valence-corrected chi connectivity index (χ2v) is 6.69. The lowest BCUT2D eigenvalue weighted by atomic mass is 9.90. The van der Waals surface area contributed by atoms with Gasteiger partial charge in [0, 0.05) is 6.07 Å². The van der Waals surface area contributed by atoms with Crippen molar-refractivity contribution >= 4 is 0 Å². The van der Waals surface area contributed by atoms with Crippen LogP contribution >= 0.6 is 0 Å². The van der Waals surface area contributed by atoms with Crippen LogP contribution in [0.25, 0.3) is 0 Å². The summed E-state index contributed by atoms with van der Waals surface area (Å²) in [5, 5.41) is 17.9. The molecule has 0 saturated carbocycles. The molecule has 0 spiro atoms. The summed E-state index contributed by atoms with van der Waals surface area (Å²) < 4.78 is 26.9. The summed E-state index contributed by atoms with van der Waals surface area (Å²) in [7, 11) is 3.66. The maximum absolute atomic E-state index is 12.7. The van der Waals surface area contributed by atoms with Crippen molar-refractivity contribution in [1.29, 1.82) is 0 Å². The van der Waals surface area contributed by atoms with E-state index in [1.807, 2.05) is 12.1 Å². The van der Waals surface area contributed by atoms with Crippen molar-refractivity contribution in [3.63, 3.8) is 0 Å². The highest BCUT2D eigenvalue weighted by Gasteiger charge is 2.38. The molecule has 2 aliphatic rings. The summed E-state index contributed by atoms with van der Waals surface area (Å²) in [6, 6.07) is 11.6. The first kappa shape index (κ1) is 19.4. The summed E-state index contributed by atoms with van der Waals surface area (Å²) in [6.07, 6.45) is -0.168. The highest BCUT2D eigenvalue weighted by atomic mass is 19.1. The Morgan fingerprint density at radius 3 is 2.30 bits per heavy atom. The standard InChI is InChI=1S/C12H16FN.C8H8O5/c1-14-8-6-11(7-9-14)10-2-4-12(13)5-3-10;1-11-5-2-3-6-7(4-5)13-8(9,10)12-6/h2-5,11H,6-9H2,1H3;2-4,9-10H,1H3. The van der Waals surface area contributed by atoms with Crippen LogP contribution in [-0.2, 0) is 0 Å². The van der Waals surface area contributed by atoms with Crippen LogP contribution in [-0.4, -0.2) is 48.5 Å². The smallest absolute Gasteiger partial charge is 0.497 e. The van der Waals surface area contributed by atoms with Gasteiger partial charge in [0.15, 0.2) is 11.5 Å². The molecule has 2 N–H and O–H groups in total. The Kier molecular flexibility index (Phi) is 5.84. The lowest BCUT2D eigenvalue weighted by Gasteiger charge is -2.29. The molecule has 1 fully saturated rings. The van der Waals surface area contributed by atoms with E-state index in [0.717, 1.165) is 13.1 Å². The summed E-state index contributed by atoms with van der Waals surface area (Å²) in [6.45, 7) is 2.31. The third-order valence-electron chi connectivity index (χ3n) is 4.70. The number of nitrogens with zero attached hydrogens (tertiary/aromatic N) is 1. The fraction of sp³-hybridized carbons (Fsp3) is 0.400. The summed E-state index contributed by atoms with van der Waals surface area (Å²) in [4.78, 5) is 2.35. The molecule has 2 heterocycles. The van der Waals surface area contributed by atoms with Gasteiger partial charge in [0.2, 0.25) is 0 Å². The molecule has 0 atom stereocenters. The third kappa shape index (κ3) is 5.09. The monoisotopic (exact) mass is 377 g/mol. The molecule has 7 heteroatoms. The van der Waals surface area contributed by atoms with E-state index in [9.17, 15) is 4.39 Å². The molecule has 0 amide bonds. The SMILES string of the molecule is CN1CCC(c2ccc(F)cc2)CC1.COc1ccc2c(c1)OC(O)(O)O2. The first-order chi connectivity index (χ1) is 12.9. The van der Waals surface area contributed by atoms with Gasteiger partial charge in [0.25, 0.3) is 0 Å². The van der Waals surface area contributed by atoms with E-state index in [1.165, 1.54) is 37.6 Å². The van der Waals surface area contributed by atoms with Crippen molar-refractivity contribution in [1.82, 2.24) is 4.90 Å². The van der Waals surface area contributed by atoms with Gasteiger partial charge in [-0.15, -0.1) is 0 Å². The van der Waals surface area contributed by atoms with Gasteiger partial charge in [0.1, 0.15) is 11.6 Å². The topological polar surface area (TPSA) is 71.4 Å². The Morgan fingerprint density at radius 1 is 1.04 bits per heavy atom. The minimum Gasteiger partial charge on any atom is -0.497 e. The average Bonchev–Trinajstić information content (AvgIpc) is 2.96. The Bertz CT molecular complexity index is 757. The molecule has 0 radical (unpaired) electrons. The molecule has 27 heavy (non-hydrogen) atoms. The molecule has 0 aromatic heterocycles. The summed E-state index contributed by atoms with van der Waals surface area (Å²) in [5.74, 6) is 1.56. The van der Waals surface area contributed by atoms with Crippen LogP contribution < -0.4 is 14.2 Å². The highest BCUT2D eigenvalue weighted by Crippen LogP contribution is 2.39. The lowest BCUT2D eigenvalue weighted by Crippen LogP contribution is -2.37. The van der Waals surface area contributed by atoms with Gasteiger partial charge < -0.3 is 19.1 Å². The Morgan fingerprint density at radius 2 is 1.67 bits per heavy atom. The number of aliphatic hydroxyl groups is 2. The molecule has 6 nitrogen and oxygen atoms in total. The molecule has 1 saturated heterocycles. The van der Waals surface area contributed by atoms with Crippen LogP contribution in [0.2, 0.25) is 0 Å². The van der Waals surface area contributed by atoms with E-state index in [1.54, 1.807) is 18.2 Å². The summed E-state index contributed by atoms with van der Waals surface area (Å²) >= 11 is 0. The quantitative estimate of drug-likeness (QED) is 0.784. The zero-order chi connectivity index (χ0) is 19.4. The normalized spacial score (nSPS) is 18.6. The number of hydrogen-bond acceptors (Lipinski definition) is 6. The van der Waals surface area contributed by atoms with E-state index in [-0.39, 0.29) is 17.3 Å². The number of piperidine rings is 1. The van der Waals surface area contributed by atoms with Crippen LogP contribution in [0.15, 0.2) is 42.5 Å². The lowest BCUT2D eigenvalue weighted by molar-refractivity contribution is -0.385. The van der Waals surface area contributed by atoms with Gasteiger partial charge >= 0.3 is 6.16 Å². The number of halogens is 1. The average molecular weight is 377 g/mol. The fourth-order valence-corrected chi connectivity index (χ4v) is 3.16. The first-order valence-electron chi connectivity index (χ1n) is 8.81. The van der Waals surface area contributed by atoms with Crippen LogP contribution in [0.3, 0.4) is 0 Å². The Hall–Kier alpha value is -2.35. The molecule has 4 rings (SSSR count). The predicted molar refractivity (Wildman–Crippen MR) is 97.3 cm³/mol. The fourth-order valence-electron chi connectivity index (χ4n) is 3.16. The maximum atomic E-state index is 12.7. The Balaban J connectivity index is 0.000000156. The third-order valence-corrected chi connectivity index (χ3v) is 4.70. The van der Waals surface area contributed by atoms with Crippen molar-refractivity contribution in [2.24, 2.45) is 0 Å². The molecule has 0 unspecified atom stereocenters. The number of likely N-dealkylation sites (tertiary alicyclic amines) is 1. The molecule has 2 aromatic carbocycles. The molecule has 0 aliphatic carbocycles. The highest BCUT2D eigenvalue weighted by molar-refractivity contribution is 5.47. The van der Waals surface area contributed by atoms with Crippen molar-refractivity contribution in [2.45, 2.75) is 24.9 Å². The van der Waals surface area contributed by atoms with Crippen LogP contribution in [0.1, 0.15) is 24.3 Å². The van der Waals surface area contributed by atoms with Crippen molar-refractivity contribution in [3.05, 3.63) is 53.8 Å². The number of rotatable bonds is 2. The molecule has 0 bridgehead atoms. The van der Waals surface area contributed by atoms with Gasteiger partial charge in [-0.1, -0.05) is 12.1 Å². The predicted octanol–water partition coefficient (Wildman–Crippen LogP) is 2.70. The van der Waals surface area contributed by atoms with E-state index in [0.29, 0.717) is 11.7 Å². The van der Waals surface area contributed by atoms with Crippen molar-refractivity contribution < 1.29 is 28.8 Å². The van der Waals surface area contributed by atoms with E-state index < -0.39 is 6.16 Å². The van der Waals surface area contributed by atoms with Crippen LogP contribution in [0.5, 0.6) is 17.2 Å². The van der Waals surface area contributed by atoms with Crippen LogP contribution in [0, 0.1) is 5.82 Å². The van der Waals surface area contributed by atoms with Crippen LogP contribution in [0.4, 0.5) is 4.39 Å². The minimum absolute atomic E-state index is 0.137. The zero-order valence-electron chi connectivity index (χ0n) is 15.4. The van der Waals surface area contributed by atoms with Gasteiger partial charge in [-0.05, 0) is 68.7 Å². The number of fused-ring (bicyclic) bond motifs is 1. The van der Waals surface area contributed by atoms with Crippen molar-refractivity contribution in [3.8, 4) is 17.2 Å². The minimum atomic E-state index is -2.56. The van der Waals surface area contributed by atoms with Gasteiger partial charge in [-0.25, -0.2) is 4.39 Å². The second-order valence-electron chi connectivity index (χ2n) is 6.69. The van der Waals surface area contributed by atoms with Gasteiger partial charge in [-0.2, -0.15) is 0 Å². The van der Waals surface area contributed by atoms with E-state index in [4.69, 9.17) is 14.9 Å². The molecular formula is C20H24FNO5. The molecule has 146 valence electrons. The number of hydrogen-bond donors (Lipinski definition) is 2. The van der Waals surface area contributed by atoms with Crippen molar-refractivity contribution in [2.75, 3.05) is 27.2 Å². The second kappa shape index (κ2) is 8.12. The summed E-state index contributed by atoms with van der Waals surface area (Å²) in [5.41, 5.74) is 1.29. The molecule has 2 aliphatic heterocycles. The van der Waals surface area contributed by atoms with Gasteiger partial charge in [-0.3, -0.25) is 10.2 Å². The molecule has 2 aromatic rings. The van der Waals surface area contributed by atoms with E-state index >= 15 is 0 Å². The number of benzene rings is 2.